The summed E-state index contributed by atoms with van der Waals surface area (Å²) in [6.07, 6.45) is 1.92. The van der Waals surface area contributed by atoms with Crippen molar-refractivity contribution >= 4 is 11.8 Å². The topological polar surface area (TPSA) is 49.4 Å². The molecule has 150 valence electrons. The Labute approximate surface area is 169 Å². The number of benzene rings is 2. The number of carbonyl (C=O) groups excluding carboxylic acids is 2. The van der Waals surface area contributed by atoms with Gasteiger partial charge in [-0.05, 0) is 44.7 Å². The van der Waals surface area contributed by atoms with Crippen LogP contribution in [-0.4, -0.2) is 28.8 Å². The molecule has 0 saturated carbocycles. The first-order valence-corrected chi connectivity index (χ1v) is 10.1. The van der Waals surface area contributed by atoms with Crippen molar-refractivity contribution in [3.63, 3.8) is 0 Å². The van der Waals surface area contributed by atoms with Crippen LogP contribution < -0.4 is 5.32 Å². The van der Waals surface area contributed by atoms with E-state index in [-0.39, 0.29) is 17.9 Å². The van der Waals surface area contributed by atoms with Crippen LogP contribution in [0.25, 0.3) is 0 Å². The molecule has 0 saturated heterocycles. The third kappa shape index (κ3) is 6.52. The van der Waals surface area contributed by atoms with Gasteiger partial charge in [-0.2, -0.15) is 0 Å². The lowest BCUT2D eigenvalue weighted by molar-refractivity contribution is -0.140. The summed E-state index contributed by atoms with van der Waals surface area (Å²) in [5, 5.41) is 3.00. The minimum Gasteiger partial charge on any atom is -0.352 e. The fourth-order valence-corrected chi connectivity index (χ4v) is 3.09. The Hall–Kier alpha value is -2.62. The minimum atomic E-state index is -0.516. The largest absolute Gasteiger partial charge is 0.352 e. The van der Waals surface area contributed by atoms with Gasteiger partial charge in [-0.15, -0.1) is 0 Å². The van der Waals surface area contributed by atoms with Gasteiger partial charge in [0, 0.05) is 19.0 Å². The molecule has 2 atom stereocenters. The second-order valence-electron chi connectivity index (χ2n) is 7.49. The van der Waals surface area contributed by atoms with E-state index >= 15 is 0 Å². The molecule has 0 fully saturated rings. The summed E-state index contributed by atoms with van der Waals surface area (Å²) in [7, 11) is 0. The van der Waals surface area contributed by atoms with E-state index < -0.39 is 6.04 Å². The quantitative estimate of drug-likeness (QED) is 0.707. The summed E-state index contributed by atoms with van der Waals surface area (Å²) < 4.78 is 0. The maximum Gasteiger partial charge on any atom is 0.242 e. The van der Waals surface area contributed by atoms with Crippen LogP contribution in [0.2, 0.25) is 0 Å². The molecule has 2 rings (SSSR count). The summed E-state index contributed by atoms with van der Waals surface area (Å²) in [5.74, 6) is -0.104. The van der Waals surface area contributed by atoms with Gasteiger partial charge in [-0.1, -0.05) is 67.1 Å². The number of hydrogen-bond acceptors (Lipinski definition) is 2. The van der Waals surface area contributed by atoms with E-state index in [2.05, 4.69) is 11.4 Å². The molecule has 0 aliphatic carbocycles. The Morgan fingerprint density at radius 1 is 1.00 bits per heavy atom. The van der Waals surface area contributed by atoms with Crippen molar-refractivity contribution in [1.82, 2.24) is 10.2 Å². The van der Waals surface area contributed by atoms with Gasteiger partial charge in [0.1, 0.15) is 6.04 Å². The maximum absolute atomic E-state index is 13.1. The van der Waals surface area contributed by atoms with Gasteiger partial charge in [0.2, 0.25) is 11.8 Å². The summed E-state index contributed by atoms with van der Waals surface area (Å²) in [5.41, 5.74) is 3.31. The zero-order valence-electron chi connectivity index (χ0n) is 17.4. The van der Waals surface area contributed by atoms with E-state index in [4.69, 9.17) is 0 Å². The van der Waals surface area contributed by atoms with Gasteiger partial charge in [-0.3, -0.25) is 9.59 Å². The lowest BCUT2D eigenvalue weighted by Crippen LogP contribution is -2.49. The van der Waals surface area contributed by atoms with Crippen LogP contribution in [0.5, 0.6) is 0 Å². The van der Waals surface area contributed by atoms with Crippen LogP contribution >= 0.6 is 0 Å². The van der Waals surface area contributed by atoms with E-state index in [1.54, 1.807) is 4.90 Å². The van der Waals surface area contributed by atoms with Crippen LogP contribution in [0.15, 0.2) is 54.6 Å². The van der Waals surface area contributed by atoms with Crippen molar-refractivity contribution in [3.8, 4) is 0 Å². The molecule has 0 heterocycles. The van der Waals surface area contributed by atoms with E-state index in [9.17, 15) is 9.59 Å². The smallest absolute Gasteiger partial charge is 0.242 e. The van der Waals surface area contributed by atoms with Crippen molar-refractivity contribution in [1.29, 1.82) is 0 Å². The zero-order valence-corrected chi connectivity index (χ0v) is 17.4. The van der Waals surface area contributed by atoms with Gasteiger partial charge in [0.25, 0.3) is 0 Å². The van der Waals surface area contributed by atoms with Crippen molar-refractivity contribution in [2.24, 2.45) is 0 Å². The Balaban J connectivity index is 2.14. The molecule has 4 heteroatoms. The van der Waals surface area contributed by atoms with Crippen molar-refractivity contribution in [2.45, 2.75) is 65.6 Å². The first kappa shape index (κ1) is 21.7. The minimum absolute atomic E-state index is 0.00263. The Morgan fingerprint density at radius 3 is 2.32 bits per heavy atom. The van der Waals surface area contributed by atoms with Gasteiger partial charge in [0.15, 0.2) is 0 Å². The number of aryl methyl sites for hydroxylation is 2. The third-order valence-corrected chi connectivity index (χ3v) is 5.07. The fourth-order valence-electron chi connectivity index (χ4n) is 3.09. The molecular weight excluding hydrogens is 348 g/mol. The van der Waals surface area contributed by atoms with E-state index in [0.29, 0.717) is 19.4 Å². The molecule has 0 bridgehead atoms. The first-order valence-electron chi connectivity index (χ1n) is 10.1. The van der Waals surface area contributed by atoms with Crippen molar-refractivity contribution in [3.05, 3.63) is 71.3 Å². The van der Waals surface area contributed by atoms with Crippen LogP contribution in [-0.2, 0) is 22.6 Å². The summed E-state index contributed by atoms with van der Waals surface area (Å²) in [4.78, 5) is 27.4. The Kier molecular flexibility index (Phi) is 8.24. The molecule has 2 amide bonds. The zero-order chi connectivity index (χ0) is 20.5. The molecule has 2 aromatic rings. The first-order chi connectivity index (χ1) is 13.4. The van der Waals surface area contributed by atoms with Gasteiger partial charge in [0.05, 0.1) is 0 Å². The highest BCUT2D eigenvalue weighted by Gasteiger charge is 2.26. The normalized spacial score (nSPS) is 12.9. The fraction of sp³-hybridized carbons (Fsp3) is 0.417. The lowest BCUT2D eigenvalue weighted by Gasteiger charge is -2.30. The highest BCUT2D eigenvalue weighted by atomic mass is 16.2. The molecular formula is C24H32N2O2. The highest BCUT2D eigenvalue weighted by Crippen LogP contribution is 2.14. The number of hydrogen-bond donors (Lipinski definition) is 1. The SMILES string of the molecule is CC[C@@H](C)NC(=O)[C@@H](C)N(Cc1cccc(C)c1)C(=O)CCc1ccccc1. The second kappa shape index (κ2) is 10.6. The van der Waals surface area contributed by atoms with Crippen molar-refractivity contribution in [2.75, 3.05) is 0 Å². The molecule has 0 aliphatic heterocycles. The molecule has 0 unspecified atom stereocenters. The molecule has 0 aromatic heterocycles. The predicted molar refractivity (Wildman–Crippen MR) is 114 cm³/mol. The summed E-state index contributed by atoms with van der Waals surface area (Å²) in [6, 6.07) is 17.6. The lowest BCUT2D eigenvalue weighted by atomic mass is 10.1. The van der Waals surface area contributed by atoms with E-state index in [1.807, 2.05) is 76.2 Å². The molecule has 0 spiro atoms. The standard InChI is InChI=1S/C24H32N2O2/c1-5-19(3)25-24(28)20(4)26(17-22-13-9-10-18(2)16-22)23(27)15-14-21-11-7-6-8-12-21/h6-13,16,19-20H,5,14-15,17H2,1-4H3,(H,25,28)/t19-,20-/m1/s1. The Bertz CT molecular complexity index is 773. The average molecular weight is 381 g/mol. The third-order valence-electron chi connectivity index (χ3n) is 5.07. The van der Waals surface area contributed by atoms with Crippen LogP contribution in [0.1, 0.15) is 50.3 Å². The highest BCUT2D eigenvalue weighted by molar-refractivity contribution is 5.87. The van der Waals surface area contributed by atoms with Gasteiger partial charge in [-0.25, -0.2) is 0 Å². The maximum atomic E-state index is 13.1. The molecule has 2 aromatic carbocycles. The number of rotatable bonds is 9. The molecule has 0 radical (unpaired) electrons. The van der Waals surface area contributed by atoms with Crippen LogP contribution in [0, 0.1) is 6.92 Å². The molecule has 1 N–H and O–H groups in total. The van der Waals surface area contributed by atoms with Crippen molar-refractivity contribution < 1.29 is 9.59 Å². The van der Waals surface area contributed by atoms with E-state index in [1.165, 1.54) is 0 Å². The van der Waals surface area contributed by atoms with Crippen LogP contribution in [0.3, 0.4) is 0 Å². The average Bonchev–Trinajstić information content (AvgIpc) is 2.70. The molecule has 28 heavy (non-hydrogen) atoms. The van der Waals surface area contributed by atoms with E-state index in [0.717, 1.165) is 23.1 Å². The Morgan fingerprint density at radius 2 is 1.68 bits per heavy atom. The number of carbonyl (C=O) groups is 2. The summed E-state index contributed by atoms with van der Waals surface area (Å²) in [6.45, 7) is 8.29. The number of amides is 2. The monoisotopic (exact) mass is 380 g/mol. The molecule has 0 aliphatic rings. The second-order valence-corrected chi connectivity index (χ2v) is 7.49. The number of nitrogens with one attached hydrogen (secondary N) is 1. The predicted octanol–water partition coefficient (Wildman–Crippen LogP) is 4.26. The number of nitrogens with zero attached hydrogens (tertiary/aromatic N) is 1. The van der Waals surface area contributed by atoms with Gasteiger partial charge < -0.3 is 10.2 Å². The van der Waals surface area contributed by atoms with Crippen LogP contribution in [0.4, 0.5) is 0 Å². The molecule has 4 nitrogen and oxygen atoms in total. The summed E-state index contributed by atoms with van der Waals surface area (Å²) >= 11 is 0. The van der Waals surface area contributed by atoms with Gasteiger partial charge >= 0.3 is 0 Å².